The van der Waals surface area contributed by atoms with E-state index in [0.29, 0.717) is 6.07 Å². The van der Waals surface area contributed by atoms with Gasteiger partial charge in [0.25, 0.3) is 9.05 Å². The smallest absolute Gasteiger partial charge is 0.416 e. The maximum absolute atomic E-state index is 12.3. The lowest BCUT2D eigenvalue weighted by atomic mass is 10.2. The van der Waals surface area contributed by atoms with Gasteiger partial charge in [0.1, 0.15) is 4.90 Å². The van der Waals surface area contributed by atoms with Crippen LogP contribution in [-0.2, 0) is 15.2 Å². The number of benzene rings is 1. The SMILES string of the molecule is O=S(=O)(Cl)c1cc(C(F)(F)F)cc(Cl)c1O. The number of alkyl halides is 3. The van der Waals surface area contributed by atoms with Crippen LogP contribution < -0.4 is 0 Å². The Morgan fingerprint density at radius 3 is 2.12 bits per heavy atom. The molecule has 0 saturated heterocycles. The quantitative estimate of drug-likeness (QED) is 0.810. The Morgan fingerprint density at radius 1 is 1.25 bits per heavy atom. The number of aromatic hydroxyl groups is 1. The fourth-order valence-corrected chi connectivity index (χ4v) is 2.16. The van der Waals surface area contributed by atoms with Crippen molar-refractivity contribution in [1.29, 1.82) is 0 Å². The van der Waals surface area contributed by atoms with E-state index in [2.05, 4.69) is 0 Å². The summed E-state index contributed by atoms with van der Waals surface area (Å²) in [5.74, 6) is -1.01. The first-order valence-electron chi connectivity index (χ1n) is 3.58. The summed E-state index contributed by atoms with van der Waals surface area (Å²) in [6.07, 6.45) is -4.78. The van der Waals surface area contributed by atoms with Gasteiger partial charge in [-0.3, -0.25) is 0 Å². The van der Waals surface area contributed by atoms with Gasteiger partial charge in [-0.05, 0) is 12.1 Å². The molecule has 0 atom stereocenters. The first kappa shape index (κ1) is 13.4. The zero-order valence-corrected chi connectivity index (χ0v) is 9.54. The van der Waals surface area contributed by atoms with Gasteiger partial charge in [-0.25, -0.2) is 8.42 Å². The molecule has 0 bridgehead atoms. The number of phenols is 1. The second-order valence-corrected chi connectivity index (χ2v) is 5.68. The molecule has 0 aliphatic heterocycles. The molecule has 3 nitrogen and oxygen atoms in total. The van der Waals surface area contributed by atoms with E-state index in [1.807, 2.05) is 0 Å². The zero-order chi connectivity index (χ0) is 12.7. The third kappa shape index (κ3) is 2.72. The molecular formula is C7H3Cl2F3O3S. The summed E-state index contributed by atoms with van der Waals surface area (Å²) in [7, 11) is 0.343. The third-order valence-corrected chi connectivity index (χ3v) is 3.24. The Labute approximate surface area is 97.8 Å². The maximum Gasteiger partial charge on any atom is 0.416 e. The highest BCUT2D eigenvalue weighted by Crippen LogP contribution is 2.39. The fraction of sp³-hybridized carbons (Fsp3) is 0.143. The van der Waals surface area contributed by atoms with Crippen LogP contribution >= 0.6 is 22.3 Å². The molecule has 0 saturated carbocycles. The van der Waals surface area contributed by atoms with Crippen LogP contribution in [0.2, 0.25) is 5.02 Å². The summed E-state index contributed by atoms with van der Waals surface area (Å²) in [4.78, 5) is -1.08. The summed E-state index contributed by atoms with van der Waals surface area (Å²) >= 11 is 5.26. The van der Waals surface area contributed by atoms with Crippen LogP contribution in [0, 0.1) is 0 Å². The van der Waals surface area contributed by atoms with Crippen LogP contribution in [0.15, 0.2) is 17.0 Å². The minimum atomic E-state index is -4.78. The number of hydrogen-bond acceptors (Lipinski definition) is 3. The molecule has 1 aromatic carbocycles. The van der Waals surface area contributed by atoms with Crippen LogP contribution in [0.1, 0.15) is 5.56 Å². The summed E-state index contributed by atoms with van der Waals surface area (Å²) in [6.45, 7) is 0. The Balaban J connectivity index is 3.59. The lowest BCUT2D eigenvalue weighted by Gasteiger charge is -2.10. The van der Waals surface area contributed by atoms with Gasteiger partial charge in [-0.15, -0.1) is 0 Å². The van der Waals surface area contributed by atoms with E-state index in [-0.39, 0.29) is 6.07 Å². The molecule has 0 amide bonds. The van der Waals surface area contributed by atoms with Crippen molar-refractivity contribution >= 4 is 31.3 Å². The van der Waals surface area contributed by atoms with Crippen molar-refractivity contribution in [3.63, 3.8) is 0 Å². The van der Waals surface area contributed by atoms with Crippen molar-refractivity contribution in [3.05, 3.63) is 22.7 Å². The van der Waals surface area contributed by atoms with Crippen molar-refractivity contribution in [2.45, 2.75) is 11.1 Å². The van der Waals surface area contributed by atoms with Crippen LogP contribution in [-0.4, -0.2) is 13.5 Å². The van der Waals surface area contributed by atoms with Crippen molar-refractivity contribution in [3.8, 4) is 5.75 Å². The predicted molar refractivity (Wildman–Crippen MR) is 51.2 cm³/mol. The molecular weight excluding hydrogens is 292 g/mol. The molecule has 9 heteroatoms. The van der Waals surface area contributed by atoms with E-state index < -0.39 is 36.5 Å². The predicted octanol–water partition coefficient (Wildman–Crippen LogP) is 2.99. The van der Waals surface area contributed by atoms with E-state index in [1.54, 1.807) is 0 Å². The molecule has 0 radical (unpaired) electrons. The van der Waals surface area contributed by atoms with Gasteiger partial charge in [0.2, 0.25) is 0 Å². The highest BCUT2D eigenvalue weighted by atomic mass is 35.7. The van der Waals surface area contributed by atoms with Gasteiger partial charge >= 0.3 is 6.18 Å². The van der Waals surface area contributed by atoms with Gasteiger partial charge in [-0.1, -0.05) is 11.6 Å². The number of hydrogen-bond donors (Lipinski definition) is 1. The molecule has 90 valence electrons. The summed E-state index contributed by atoms with van der Waals surface area (Å²) < 4.78 is 58.6. The highest BCUT2D eigenvalue weighted by Gasteiger charge is 2.33. The van der Waals surface area contributed by atoms with Crippen molar-refractivity contribution in [1.82, 2.24) is 0 Å². The maximum atomic E-state index is 12.3. The summed E-state index contributed by atoms with van der Waals surface area (Å²) in [5, 5.41) is 8.42. The average molecular weight is 295 g/mol. The number of phenolic OH excluding ortho intramolecular Hbond substituents is 1. The van der Waals surface area contributed by atoms with Gasteiger partial charge in [-0.2, -0.15) is 13.2 Å². The molecule has 0 aliphatic carbocycles. The number of rotatable bonds is 1. The van der Waals surface area contributed by atoms with Crippen molar-refractivity contribution in [2.75, 3.05) is 0 Å². The fourth-order valence-electron chi connectivity index (χ4n) is 0.923. The van der Waals surface area contributed by atoms with Crippen LogP contribution in [0.3, 0.4) is 0 Å². The lowest BCUT2D eigenvalue weighted by Crippen LogP contribution is -2.06. The molecule has 0 aromatic heterocycles. The Morgan fingerprint density at radius 2 is 1.75 bits per heavy atom. The monoisotopic (exact) mass is 294 g/mol. The minimum absolute atomic E-state index is 0.212. The largest absolute Gasteiger partial charge is 0.505 e. The average Bonchev–Trinajstić information content (AvgIpc) is 2.05. The second-order valence-electron chi connectivity index (χ2n) is 2.74. The summed E-state index contributed by atoms with van der Waals surface area (Å²) in [5.41, 5.74) is -1.31. The third-order valence-electron chi connectivity index (χ3n) is 1.62. The highest BCUT2D eigenvalue weighted by molar-refractivity contribution is 8.13. The molecule has 1 aromatic rings. The Kier molecular flexibility index (Phi) is 3.33. The summed E-state index contributed by atoms with van der Waals surface area (Å²) in [6, 6.07) is 0.617. The molecule has 0 aliphatic rings. The van der Waals surface area contributed by atoms with Crippen molar-refractivity contribution in [2.24, 2.45) is 0 Å². The molecule has 16 heavy (non-hydrogen) atoms. The molecule has 0 spiro atoms. The Bertz CT molecular complexity index is 524. The van der Waals surface area contributed by atoms with Gasteiger partial charge in [0.15, 0.2) is 5.75 Å². The first-order chi connectivity index (χ1) is 7.03. The Hall–Kier alpha value is -0.660. The topological polar surface area (TPSA) is 54.4 Å². The van der Waals surface area contributed by atoms with E-state index in [1.165, 1.54) is 0 Å². The van der Waals surface area contributed by atoms with Crippen LogP contribution in [0.5, 0.6) is 5.75 Å². The van der Waals surface area contributed by atoms with E-state index in [0.717, 1.165) is 0 Å². The van der Waals surface area contributed by atoms with E-state index in [9.17, 15) is 21.6 Å². The van der Waals surface area contributed by atoms with Crippen LogP contribution in [0.4, 0.5) is 13.2 Å². The normalized spacial score (nSPS) is 12.8. The van der Waals surface area contributed by atoms with Crippen LogP contribution in [0.25, 0.3) is 0 Å². The molecule has 0 heterocycles. The molecule has 1 N–H and O–H groups in total. The zero-order valence-electron chi connectivity index (χ0n) is 7.22. The van der Waals surface area contributed by atoms with E-state index >= 15 is 0 Å². The minimum Gasteiger partial charge on any atom is -0.505 e. The molecule has 0 fully saturated rings. The molecule has 1 rings (SSSR count). The lowest BCUT2D eigenvalue weighted by molar-refractivity contribution is -0.137. The van der Waals surface area contributed by atoms with Gasteiger partial charge in [0, 0.05) is 10.7 Å². The standard InChI is InChI=1S/C7H3Cl2F3O3S/c8-4-1-3(7(10,11)12)2-5(6(4)13)16(9,14)15/h1-2,13H. The number of halogens is 5. The van der Waals surface area contributed by atoms with E-state index in [4.69, 9.17) is 27.4 Å². The molecule has 0 unspecified atom stereocenters. The van der Waals surface area contributed by atoms with Gasteiger partial charge < -0.3 is 5.11 Å². The van der Waals surface area contributed by atoms with Gasteiger partial charge in [0.05, 0.1) is 10.6 Å². The first-order valence-corrected chi connectivity index (χ1v) is 6.26. The van der Waals surface area contributed by atoms with Crippen molar-refractivity contribution < 1.29 is 26.7 Å². The second kappa shape index (κ2) is 3.97.